The van der Waals surface area contributed by atoms with E-state index in [4.69, 9.17) is 23.2 Å². The van der Waals surface area contributed by atoms with Gasteiger partial charge in [0.05, 0.1) is 15.7 Å². The normalized spacial score (nSPS) is 24.0. The molecule has 2 nitrogen and oxygen atoms in total. The van der Waals surface area contributed by atoms with Crippen molar-refractivity contribution in [2.45, 2.75) is 46.2 Å². The quantitative estimate of drug-likeness (QED) is 0.858. The van der Waals surface area contributed by atoms with Gasteiger partial charge in [0.2, 0.25) is 0 Å². The molecule has 1 saturated heterocycles. The zero-order valence-corrected chi connectivity index (χ0v) is 14.2. The standard InChI is InChI=1S/C16H24Cl2N2/c1-5-11-9-19-14(16(2,3)4)10-20(11)13-8-6-7-12(17)15(13)18/h6-8,11,14,19H,5,9-10H2,1-4H3. The minimum Gasteiger partial charge on any atom is -0.364 e. The highest BCUT2D eigenvalue weighted by Gasteiger charge is 2.34. The Labute approximate surface area is 132 Å². The first kappa shape index (κ1) is 15.9. The molecule has 1 N–H and O–H groups in total. The molecule has 1 aliphatic heterocycles. The van der Waals surface area contributed by atoms with Gasteiger partial charge in [-0.2, -0.15) is 0 Å². The molecule has 2 unspecified atom stereocenters. The van der Waals surface area contributed by atoms with Crippen molar-refractivity contribution in [2.75, 3.05) is 18.0 Å². The Morgan fingerprint density at radius 1 is 1.30 bits per heavy atom. The lowest BCUT2D eigenvalue weighted by Gasteiger charge is -2.46. The van der Waals surface area contributed by atoms with E-state index in [9.17, 15) is 0 Å². The van der Waals surface area contributed by atoms with E-state index in [1.807, 2.05) is 12.1 Å². The Hall–Kier alpha value is -0.440. The van der Waals surface area contributed by atoms with Crippen LogP contribution in [0.3, 0.4) is 0 Å². The Morgan fingerprint density at radius 2 is 2.00 bits per heavy atom. The third-order valence-corrected chi connectivity index (χ3v) is 4.99. The molecule has 4 heteroatoms. The highest BCUT2D eigenvalue weighted by atomic mass is 35.5. The Morgan fingerprint density at radius 3 is 2.60 bits per heavy atom. The molecular formula is C16H24Cl2N2. The molecule has 2 rings (SSSR count). The van der Waals surface area contributed by atoms with Gasteiger partial charge in [-0.25, -0.2) is 0 Å². The van der Waals surface area contributed by atoms with Gasteiger partial charge in [-0.05, 0) is 24.0 Å². The first-order valence-electron chi connectivity index (χ1n) is 7.28. The summed E-state index contributed by atoms with van der Waals surface area (Å²) in [6.07, 6.45) is 1.09. The Kier molecular flexibility index (Phi) is 4.88. The fourth-order valence-corrected chi connectivity index (χ4v) is 3.16. The van der Waals surface area contributed by atoms with Crippen LogP contribution in [0.15, 0.2) is 18.2 Å². The monoisotopic (exact) mass is 314 g/mol. The summed E-state index contributed by atoms with van der Waals surface area (Å²) in [7, 11) is 0. The van der Waals surface area contributed by atoms with Crippen molar-refractivity contribution in [3.63, 3.8) is 0 Å². The number of hydrogen-bond acceptors (Lipinski definition) is 2. The minimum atomic E-state index is 0.224. The SMILES string of the molecule is CCC1CNC(C(C)(C)C)CN1c1cccc(Cl)c1Cl. The van der Waals surface area contributed by atoms with Crippen LogP contribution in [0.5, 0.6) is 0 Å². The lowest BCUT2D eigenvalue weighted by Crippen LogP contribution is -2.60. The Bertz CT molecular complexity index is 468. The van der Waals surface area contributed by atoms with Crippen LogP contribution in [0.2, 0.25) is 10.0 Å². The molecular weight excluding hydrogens is 291 g/mol. The maximum absolute atomic E-state index is 6.42. The fourth-order valence-electron chi connectivity index (χ4n) is 2.75. The van der Waals surface area contributed by atoms with Crippen LogP contribution < -0.4 is 10.2 Å². The molecule has 1 fully saturated rings. The van der Waals surface area contributed by atoms with Crippen molar-refractivity contribution in [3.05, 3.63) is 28.2 Å². The first-order chi connectivity index (χ1) is 9.34. The Balaban J connectivity index is 2.32. The average Bonchev–Trinajstić information content (AvgIpc) is 2.40. The summed E-state index contributed by atoms with van der Waals surface area (Å²) in [5.74, 6) is 0. The molecule has 20 heavy (non-hydrogen) atoms. The van der Waals surface area contributed by atoms with Gasteiger partial charge in [0.25, 0.3) is 0 Å². The lowest BCUT2D eigenvalue weighted by molar-refractivity contribution is 0.234. The number of halogens is 2. The zero-order chi connectivity index (χ0) is 14.9. The average molecular weight is 315 g/mol. The highest BCUT2D eigenvalue weighted by molar-refractivity contribution is 6.43. The van der Waals surface area contributed by atoms with Gasteiger partial charge in [-0.1, -0.05) is 57.0 Å². The van der Waals surface area contributed by atoms with E-state index < -0.39 is 0 Å². The maximum Gasteiger partial charge on any atom is 0.0825 e. The summed E-state index contributed by atoms with van der Waals surface area (Å²) in [4.78, 5) is 2.42. The summed E-state index contributed by atoms with van der Waals surface area (Å²) >= 11 is 12.6. The molecule has 2 atom stereocenters. The summed E-state index contributed by atoms with van der Waals surface area (Å²) in [6.45, 7) is 11.0. The second kappa shape index (κ2) is 6.13. The molecule has 0 amide bonds. The van der Waals surface area contributed by atoms with Crippen LogP contribution in [0, 0.1) is 5.41 Å². The van der Waals surface area contributed by atoms with Gasteiger partial charge in [0.15, 0.2) is 0 Å². The molecule has 1 aliphatic rings. The minimum absolute atomic E-state index is 0.224. The van der Waals surface area contributed by atoms with Crippen molar-refractivity contribution >= 4 is 28.9 Å². The van der Waals surface area contributed by atoms with Crippen molar-refractivity contribution in [1.29, 1.82) is 0 Å². The predicted molar refractivity (Wildman–Crippen MR) is 89.1 cm³/mol. The van der Waals surface area contributed by atoms with E-state index in [-0.39, 0.29) is 5.41 Å². The van der Waals surface area contributed by atoms with E-state index in [1.54, 1.807) is 0 Å². The summed E-state index contributed by atoms with van der Waals surface area (Å²) < 4.78 is 0. The van der Waals surface area contributed by atoms with Crippen LogP contribution in [-0.4, -0.2) is 25.2 Å². The number of hydrogen-bond donors (Lipinski definition) is 1. The molecule has 0 radical (unpaired) electrons. The van der Waals surface area contributed by atoms with Gasteiger partial charge in [0, 0.05) is 25.2 Å². The molecule has 112 valence electrons. The van der Waals surface area contributed by atoms with Crippen molar-refractivity contribution < 1.29 is 0 Å². The number of anilines is 1. The van der Waals surface area contributed by atoms with Crippen LogP contribution >= 0.6 is 23.2 Å². The largest absolute Gasteiger partial charge is 0.364 e. The third kappa shape index (κ3) is 3.24. The molecule has 0 bridgehead atoms. The molecule has 1 heterocycles. The fraction of sp³-hybridized carbons (Fsp3) is 0.625. The van der Waals surface area contributed by atoms with E-state index in [0.717, 1.165) is 25.2 Å². The van der Waals surface area contributed by atoms with Crippen molar-refractivity contribution in [2.24, 2.45) is 5.41 Å². The van der Waals surface area contributed by atoms with Crippen molar-refractivity contribution in [1.82, 2.24) is 5.32 Å². The van der Waals surface area contributed by atoms with Gasteiger partial charge >= 0.3 is 0 Å². The van der Waals surface area contributed by atoms with Crippen LogP contribution in [-0.2, 0) is 0 Å². The predicted octanol–water partition coefficient (Wildman–Crippen LogP) is 4.60. The second-order valence-corrected chi connectivity index (χ2v) is 7.40. The number of piperazine rings is 1. The van der Waals surface area contributed by atoms with E-state index in [1.165, 1.54) is 0 Å². The summed E-state index contributed by atoms with van der Waals surface area (Å²) in [5.41, 5.74) is 1.28. The smallest absolute Gasteiger partial charge is 0.0825 e. The lowest BCUT2D eigenvalue weighted by atomic mass is 9.84. The number of nitrogens with zero attached hydrogens (tertiary/aromatic N) is 1. The first-order valence-corrected chi connectivity index (χ1v) is 8.04. The van der Waals surface area contributed by atoms with E-state index in [2.05, 4.69) is 44.0 Å². The van der Waals surface area contributed by atoms with Crippen LogP contribution in [0.25, 0.3) is 0 Å². The molecule has 0 saturated carbocycles. The zero-order valence-electron chi connectivity index (χ0n) is 12.7. The van der Waals surface area contributed by atoms with Crippen LogP contribution in [0.4, 0.5) is 5.69 Å². The van der Waals surface area contributed by atoms with Crippen LogP contribution in [0.1, 0.15) is 34.1 Å². The van der Waals surface area contributed by atoms with Crippen molar-refractivity contribution in [3.8, 4) is 0 Å². The highest BCUT2D eigenvalue weighted by Crippen LogP contribution is 2.36. The van der Waals surface area contributed by atoms with Gasteiger partial charge in [0.1, 0.15) is 0 Å². The molecule has 0 aliphatic carbocycles. The van der Waals surface area contributed by atoms with E-state index >= 15 is 0 Å². The number of benzene rings is 1. The topological polar surface area (TPSA) is 15.3 Å². The van der Waals surface area contributed by atoms with Gasteiger partial charge < -0.3 is 10.2 Å². The van der Waals surface area contributed by atoms with Gasteiger partial charge in [-0.3, -0.25) is 0 Å². The molecule has 1 aromatic rings. The van der Waals surface area contributed by atoms with E-state index in [0.29, 0.717) is 22.1 Å². The molecule has 0 spiro atoms. The third-order valence-electron chi connectivity index (χ3n) is 4.18. The number of rotatable bonds is 2. The number of nitrogens with one attached hydrogen (secondary N) is 1. The second-order valence-electron chi connectivity index (χ2n) is 6.61. The summed E-state index contributed by atoms with van der Waals surface area (Å²) in [5, 5.41) is 4.97. The molecule has 1 aromatic carbocycles. The van der Waals surface area contributed by atoms with Gasteiger partial charge in [-0.15, -0.1) is 0 Å². The summed E-state index contributed by atoms with van der Waals surface area (Å²) in [6, 6.07) is 6.80. The maximum atomic E-state index is 6.42. The molecule has 0 aromatic heterocycles.